The molecule has 88 valence electrons. The molecule has 1 aromatic heterocycles. The highest BCUT2D eigenvalue weighted by molar-refractivity contribution is 5.87. The zero-order valence-corrected chi connectivity index (χ0v) is 10.0. The summed E-state index contributed by atoms with van der Waals surface area (Å²) in [5.74, 6) is 0. The van der Waals surface area contributed by atoms with Gasteiger partial charge in [-0.15, -0.1) is 5.10 Å². The minimum Gasteiger partial charge on any atom is -0.249 e. The summed E-state index contributed by atoms with van der Waals surface area (Å²) in [4.78, 5) is 0. The summed E-state index contributed by atoms with van der Waals surface area (Å²) in [6.07, 6.45) is 2.28. The zero-order valence-electron chi connectivity index (χ0n) is 10.0. The van der Waals surface area contributed by atoms with Crippen molar-refractivity contribution in [1.82, 2.24) is 15.0 Å². The molecular formula is C15H13N3. The summed E-state index contributed by atoms with van der Waals surface area (Å²) in [7, 11) is 0. The third-order valence-corrected chi connectivity index (χ3v) is 3.64. The van der Waals surface area contributed by atoms with Gasteiger partial charge in [0.25, 0.3) is 0 Å². The lowest BCUT2D eigenvalue weighted by molar-refractivity contribution is 0.623. The van der Waals surface area contributed by atoms with Gasteiger partial charge >= 0.3 is 0 Å². The number of rotatable bonds is 1. The number of hydrogen-bond donors (Lipinski definition) is 0. The molecule has 2 aromatic carbocycles. The van der Waals surface area contributed by atoms with Crippen LogP contribution in [0.15, 0.2) is 42.5 Å². The minimum atomic E-state index is 1.01. The molecule has 0 atom stereocenters. The average molecular weight is 235 g/mol. The molecule has 0 unspecified atom stereocenters. The molecule has 0 spiro atoms. The van der Waals surface area contributed by atoms with Gasteiger partial charge in [-0.2, -0.15) is 0 Å². The molecule has 0 saturated heterocycles. The SMILES string of the molecule is c1ccc2cc(-c3nnn4c3CCC4)ccc2c1. The molecule has 0 saturated carbocycles. The third-order valence-electron chi connectivity index (χ3n) is 3.64. The number of fused-ring (bicyclic) bond motifs is 2. The number of aromatic nitrogens is 3. The van der Waals surface area contributed by atoms with Gasteiger partial charge in [-0.05, 0) is 29.7 Å². The number of hydrogen-bond acceptors (Lipinski definition) is 2. The van der Waals surface area contributed by atoms with Crippen LogP contribution < -0.4 is 0 Å². The average Bonchev–Trinajstić information content (AvgIpc) is 3.00. The Morgan fingerprint density at radius 1 is 1.00 bits per heavy atom. The van der Waals surface area contributed by atoms with Crippen molar-refractivity contribution in [3.8, 4) is 11.3 Å². The van der Waals surface area contributed by atoms with Crippen molar-refractivity contribution in [2.75, 3.05) is 0 Å². The van der Waals surface area contributed by atoms with Crippen LogP contribution in [0.25, 0.3) is 22.0 Å². The van der Waals surface area contributed by atoms with Crippen LogP contribution in [0.1, 0.15) is 12.1 Å². The quantitative estimate of drug-likeness (QED) is 0.649. The molecule has 4 rings (SSSR count). The van der Waals surface area contributed by atoms with Crippen LogP contribution in [0.2, 0.25) is 0 Å². The van der Waals surface area contributed by atoms with E-state index in [9.17, 15) is 0 Å². The van der Waals surface area contributed by atoms with E-state index in [0.717, 1.165) is 18.7 Å². The predicted octanol–water partition coefficient (Wildman–Crippen LogP) is 3.04. The summed E-state index contributed by atoms with van der Waals surface area (Å²) in [6.45, 7) is 1.01. The molecule has 3 aromatic rings. The molecule has 2 heterocycles. The second-order valence-corrected chi connectivity index (χ2v) is 4.77. The minimum absolute atomic E-state index is 1.01. The van der Waals surface area contributed by atoms with Crippen molar-refractivity contribution in [3.05, 3.63) is 48.2 Å². The van der Waals surface area contributed by atoms with E-state index in [1.54, 1.807) is 0 Å². The normalized spacial score (nSPS) is 14.0. The number of benzene rings is 2. The Morgan fingerprint density at radius 2 is 1.89 bits per heavy atom. The molecule has 1 aliphatic heterocycles. The molecule has 3 heteroatoms. The first-order chi connectivity index (χ1) is 8.92. The van der Waals surface area contributed by atoms with Crippen LogP contribution in [0.3, 0.4) is 0 Å². The fourth-order valence-corrected chi connectivity index (χ4v) is 2.72. The van der Waals surface area contributed by atoms with Gasteiger partial charge < -0.3 is 0 Å². The lowest BCUT2D eigenvalue weighted by Gasteiger charge is -2.02. The van der Waals surface area contributed by atoms with Crippen molar-refractivity contribution < 1.29 is 0 Å². The molecule has 0 aliphatic carbocycles. The largest absolute Gasteiger partial charge is 0.249 e. The van der Waals surface area contributed by atoms with Crippen LogP contribution in [0.5, 0.6) is 0 Å². The Kier molecular flexibility index (Phi) is 2.00. The highest BCUT2D eigenvalue weighted by Gasteiger charge is 2.18. The second kappa shape index (κ2) is 3.67. The summed E-state index contributed by atoms with van der Waals surface area (Å²) in [5.41, 5.74) is 3.51. The van der Waals surface area contributed by atoms with E-state index in [2.05, 4.69) is 52.8 Å². The van der Waals surface area contributed by atoms with Gasteiger partial charge in [0.15, 0.2) is 0 Å². The van der Waals surface area contributed by atoms with Crippen molar-refractivity contribution in [2.45, 2.75) is 19.4 Å². The number of aryl methyl sites for hydroxylation is 1. The van der Waals surface area contributed by atoms with E-state index in [-0.39, 0.29) is 0 Å². The van der Waals surface area contributed by atoms with E-state index in [1.165, 1.54) is 28.5 Å². The highest BCUT2D eigenvalue weighted by Crippen LogP contribution is 2.28. The maximum Gasteiger partial charge on any atom is 0.116 e. The molecular weight excluding hydrogens is 222 g/mol. The van der Waals surface area contributed by atoms with Gasteiger partial charge in [0.05, 0.1) is 5.69 Å². The van der Waals surface area contributed by atoms with Gasteiger partial charge in [-0.25, -0.2) is 4.68 Å². The Balaban J connectivity index is 1.91. The monoisotopic (exact) mass is 235 g/mol. The zero-order chi connectivity index (χ0) is 11.9. The summed E-state index contributed by atoms with van der Waals surface area (Å²) in [6, 6.07) is 14.9. The van der Waals surface area contributed by atoms with Gasteiger partial charge in [0.2, 0.25) is 0 Å². The van der Waals surface area contributed by atoms with Crippen LogP contribution in [-0.2, 0) is 13.0 Å². The Labute approximate surface area is 105 Å². The molecule has 1 aliphatic rings. The lowest BCUT2D eigenvalue weighted by atomic mass is 10.0. The summed E-state index contributed by atoms with van der Waals surface area (Å²) in [5, 5.41) is 11.1. The smallest absolute Gasteiger partial charge is 0.116 e. The Hall–Kier alpha value is -2.16. The van der Waals surface area contributed by atoms with Crippen molar-refractivity contribution >= 4 is 10.8 Å². The summed E-state index contributed by atoms with van der Waals surface area (Å²) < 4.78 is 2.03. The van der Waals surface area contributed by atoms with E-state index >= 15 is 0 Å². The molecule has 0 N–H and O–H groups in total. The topological polar surface area (TPSA) is 30.7 Å². The molecule has 0 radical (unpaired) electrons. The Morgan fingerprint density at radius 3 is 2.83 bits per heavy atom. The maximum absolute atomic E-state index is 4.33. The van der Waals surface area contributed by atoms with Crippen LogP contribution in [-0.4, -0.2) is 15.0 Å². The molecule has 3 nitrogen and oxygen atoms in total. The molecule has 0 bridgehead atoms. The fourth-order valence-electron chi connectivity index (χ4n) is 2.72. The van der Waals surface area contributed by atoms with Gasteiger partial charge in [-0.3, -0.25) is 0 Å². The maximum atomic E-state index is 4.33. The first-order valence-electron chi connectivity index (χ1n) is 6.33. The van der Waals surface area contributed by atoms with Crippen molar-refractivity contribution in [3.63, 3.8) is 0 Å². The summed E-state index contributed by atoms with van der Waals surface area (Å²) >= 11 is 0. The first-order valence-corrected chi connectivity index (χ1v) is 6.33. The predicted molar refractivity (Wildman–Crippen MR) is 71.3 cm³/mol. The van der Waals surface area contributed by atoms with Gasteiger partial charge in [0.1, 0.15) is 5.69 Å². The molecule has 0 fully saturated rings. The van der Waals surface area contributed by atoms with Crippen molar-refractivity contribution in [2.24, 2.45) is 0 Å². The van der Waals surface area contributed by atoms with Crippen LogP contribution in [0, 0.1) is 0 Å². The van der Waals surface area contributed by atoms with Crippen LogP contribution >= 0.6 is 0 Å². The van der Waals surface area contributed by atoms with Crippen molar-refractivity contribution in [1.29, 1.82) is 0 Å². The van der Waals surface area contributed by atoms with E-state index in [4.69, 9.17) is 0 Å². The highest BCUT2D eigenvalue weighted by atomic mass is 15.4. The Bertz CT molecular complexity index is 727. The van der Waals surface area contributed by atoms with Crippen LogP contribution in [0.4, 0.5) is 0 Å². The standard InChI is InChI=1S/C15H13N3/c1-2-5-12-10-13(8-7-11(12)4-1)15-14-6-3-9-18(14)17-16-15/h1-2,4-5,7-8,10H,3,6,9H2. The first kappa shape index (κ1) is 9.83. The van der Waals surface area contributed by atoms with Gasteiger partial charge in [-0.1, -0.05) is 41.6 Å². The molecule has 18 heavy (non-hydrogen) atoms. The molecule has 0 amide bonds. The van der Waals surface area contributed by atoms with E-state index < -0.39 is 0 Å². The van der Waals surface area contributed by atoms with Gasteiger partial charge in [0, 0.05) is 12.1 Å². The van der Waals surface area contributed by atoms with E-state index in [0.29, 0.717) is 0 Å². The number of nitrogens with zero attached hydrogens (tertiary/aromatic N) is 3. The second-order valence-electron chi connectivity index (χ2n) is 4.77. The fraction of sp³-hybridized carbons (Fsp3) is 0.200. The van der Waals surface area contributed by atoms with E-state index in [1.807, 2.05) is 4.68 Å². The lowest BCUT2D eigenvalue weighted by Crippen LogP contribution is -1.93. The third kappa shape index (κ3) is 1.37.